The van der Waals surface area contributed by atoms with Crippen LogP contribution in [0.25, 0.3) is 0 Å². The fraction of sp³-hybridized carbons (Fsp3) is 0.739. The number of benzene rings is 1. The maximum atomic E-state index is 11.2. The van der Waals surface area contributed by atoms with Crippen molar-refractivity contribution >= 4 is 21.5 Å². The highest BCUT2D eigenvalue weighted by Gasteiger charge is 2.19. The first-order chi connectivity index (χ1) is 14.9. The lowest BCUT2D eigenvalue weighted by molar-refractivity contribution is -0.384. The van der Waals surface area contributed by atoms with Gasteiger partial charge in [0.2, 0.25) is 0 Å². The number of unbranched alkanes of at least 4 members (excludes halogenated alkanes) is 14. The molecule has 0 bridgehead atoms. The van der Waals surface area contributed by atoms with Crippen LogP contribution in [0.3, 0.4) is 0 Å². The molecule has 0 radical (unpaired) electrons. The van der Waals surface area contributed by atoms with Crippen LogP contribution in [0.2, 0.25) is 0 Å². The highest BCUT2D eigenvalue weighted by atomic mass is 32.2. The highest BCUT2D eigenvalue weighted by molar-refractivity contribution is 7.85. The number of nitrogens with one attached hydrogen (secondary N) is 1. The molecule has 0 unspecified atom stereocenters. The van der Waals surface area contributed by atoms with Gasteiger partial charge in [-0.25, -0.2) is 0 Å². The van der Waals surface area contributed by atoms with Crippen LogP contribution < -0.4 is 5.32 Å². The summed E-state index contributed by atoms with van der Waals surface area (Å²) in [5, 5.41) is 14.2. The Labute approximate surface area is 187 Å². The number of nitro groups is 1. The molecule has 1 aromatic rings. The van der Waals surface area contributed by atoms with Crippen molar-refractivity contribution in [3.05, 3.63) is 28.3 Å². The molecule has 0 spiro atoms. The lowest BCUT2D eigenvalue weighted by atomic mass is 10.0. The van der Waals surface area contributed by atoms with Crippen LogP contribution in [0.1, 0.15) is 103 Å². The van der Waals surface area contributed by atoms with E-state index < -0.39 is 19.9 Å². The Bertz CT molecular complexity index is 737. The molecule has 0 aliphatic carbocycles. The van der Waals surface area contributed by atoms with Crippen LogP contribution in [0.4, 0.5) is 11.4 Å². The number of anilines is 1. The Morgan fingerprint density at radius 3 is 1.71 bits per heavy atom. The second-order valence-electron chi connectivity index (χ2n) is 8.29. The normalized spacial score (nSPS) is 11.5. The summed E-state index contributed by atoms with van der Waals surface area (Å²) in [6, 6.07) is 3.37. The van der Waals surface area contributed by atoms with Crippen LogP contribution in [0.15, 0.2) is 23.1 Å². The van der Waals surface area contributed by atoms with Gasteiger partial charge in [-0.1, -0.05) is 96.8 Å². The standard InChI is InChI=1S/C23H40N2O5S/c1-2-3-4-5-6-7-8-9-10-11-12-13-14-15-16-19-24-22-18-17-21(31(28,29)30)20-23(22)25(26)27/h17-18,20,24H,2-16,19H2,1H3,(H,28,29,30). The van der Waals surface area contributed by atoms with Crippen molar-refractivity contribution in [2.75, 3.05) is 11.9 Å². The van der Waals surface area contributed by atoms with Gasteiger partial charge in [-0.2, -0.15) is 8.42 Å². The predicted octanol–water partition coefficient (Wildman–Crippen LogP) is 7.12. The van der Waals surface area contributed by atoms with Crippen LogP contribution in [-0.2, 0) is 10.1 Å². The summed E-state index contributed by atoms with van der Waals surface area (Å²) in [5.41, 5.74) is -0.0844. The summed E-state index contributed by atoms with van der Waals surface area (Å²) in [6.45, 7) is 2.84. The van der Waals surface area contributed by atoms with Crippen LogP contribution in [0, 0.1) is 10.1 Å². The molecule has 0 atom stereocenters. The molecule has 0 amide bonds. The third-order valence-corrected chi connectivity index (χ3v) is 6.41. The zero-order valence-electron chi connectivity index (χ0n) is 19.0. The largest absolute Gasteiger partial charge is 0.379 e. The molecule has 0 aromatic heterocycles. The molecule has 0 fully saturated rings. The quantitative estimate of drug-likeness (QED) is 0.0992. The second kappa shape index (κ2) is 16.0. The van der Waals surface area contributed by atoms with E-state index in [1.54, 1.807) is 0 Å². The van der Waals surface area contributed by atoms with Gasteiger partial charge >= 0.3 is 0 Å². The topological polar surface area (TPSA) is 110 Å². The maximum Gasteiger partial charge on any atom is 0.294 e. The zero-order chi connectivity index (χ0) is 23.0. The molecule has 0 heterocycles. The van der Waals surface area contributed by atoms with Gasteiger partial charge in [0, 0.05) is 12.6 Å². The van der Waals surface area contributed by atoms with Crippen molar-refractivity contribution in [1.82, 2.24) is 0 Å². The van der Waals surface area contributed by atoms with Crippen molar-refractivity contribution in [3.8, 4) is 0 Å². The van der Waals surface area contributed by atoms with Gasteiger partial charge in [0.1, 0.15) is 10.6 Å². The molecule has 8 heteroatoms. The van der Waals surface area contributed by atoms with Crippen LogP contribution in [-0.4, -0.2) is 24.4 Å². The maximum absolute atomic E-state index is 11.2. The van der Waals surface area contributed by atoms with Crippen LogP contribution in [0.5, 0.6) is 0 Å². The Morgan fingerprint density at radius 2 is 1.29 bits per heavy atom. The van der Waals surface area contributed by atoms with Gasteiger partial charge in [-0.05, 0) is 18.6 Å². The summed E-state index contributed by atoms with van der Waals surface area (Å²) in [7, 11) is -4.46. The first-order valence-corrected chi connectivity index (χ1v) is 13.3. The number of nitrogens with zero attached hydrogens (tertiary/aromatic N) is 1. The van der Waals surface area contributed by atoms with Crippen molar-refractivity contribution in [1.29, 1.82) is 0 Å². The Kier molecular flexibility index (Phi) is 14.2. The average Bonchev–Trinajstić information content (AvgIpc) is 2.72. The van der Waals surface area contributed by atoms with Crippen LogP contribution >= 0.6 is 0 Å². The first kappa shape index (κ1) is 27.4. The van der Waals surface area contributed by atoms with E-state index in [0.29, 0.717) is 6.54 Å². The highest BCUT2D eigenvalue weighted by Crippen LogP contribution is 2.27. The van der Waals surface area contributed by atoms with Gasteiger partial charge in [-0.3, -0.25) is 14.7 Å². The van der Waals surface area contributed by atoms with Crippen molar-refractivity contribution in [2.45, 2.75) is 108 Å². The zero-order valence-corrected chi connectivity index (χ0v) is 19.8. The van der Waals surface area contributed by atoms with Gasteiger partial charge in [0.05, 0.1) is 4.92 Å². The molecule has 31 heavy (non-hydrogen) atoms. The molecule has 178 valence electrons. The Morgan fingerprint density at radius 1 is 0.839 bits per heavy atom. The van der Waals surface area contributed by atoms with E-state index in [-0.39, 0.29) is 11.4 Å². The number of rotatable bonds is 19. The van der Waals surface area contributed by atoms with E-state index in [2.05, 4.69) is 12.2 Å². The van der Waals surface area contributed by atoms with Gasteiger partial charge in [0.25, 0.3) is 15.8 Å². The molecule has 0 aliphatic heterocycles. The second-order valence-corrected chi connectivity index (χ2v) is 9.71. The molecule has 0 saturated heterocycles. The van der Waals surface area contributed by atoms with Crippen molar-refractivity contribution in [2.24, 2.45) is 0 Å². The Balaban J connectivity index is 2.06. The van der Waals surface area contributed by atoms with Gasteiger partial charge in [-0.15, -0.1) is 0 Å². The number of nitro benzene ring substituents is 1. The predicted molar refractivity (Wildman–Crippen MR) is 126 cm³/mol. The molecule has 0 aliphatic rings. The van der Waals surface area contributed by atoms with E-state index >= 15 is 0 Å². The first-order valence-electron chi connectivity index (χ1n) is 11.9. The fourth-order valence-corrected chi connectivity index (χ4v) is 4.19. The Hall–Kier alpha value is -1.67. The molecular formula is C23H40N2O5S. The lowest BCUT2D eigenvalue weighted by Crippen LogP contribution is -2.06. The minimum absolute atomic E-state index is 0.266. The third-order valence-electron chi connectivity index (χ3n) is 5.56. The van der Waals surface area contributed by atoms with E-state index in [0.717, 1.165) is 31.4 Å². The average molecular weight is 457 g/mol. The van der Waals surface area contributed by atoms with E-state index in [1.165, 1.54) is 83.1 Å². The summed E-state index contributed by atoms with van der Waals surface area (Å²) in [5.74, 6) is 0. The SMILES string of the molecule is CCCCCCCCCCCCCCCCCNc1ccc(S(=O)(=O)O)cc1[N+](=O)[O-]. The van der Waals surface area contributed by atoms with E-state index in [1.807, 2.05) is 0 Å². The minimum atomic E-state index is -4.46. The molecular weight excluding hydrogens is 416 g/mol. The molecule has 0 saturated carbocycles. The van der Waals surface area contributed by atoms with E-state index in [9.17, 15) is 18.5 Å². The molecule has 1 rings (SSSR count). The third kappa shape index (κ3) is 12.7. The fourth-order valence-electron chi connectivity index (χ4n) is 3.69. The summed E-state index contributed by atoms with van der Waals surface area (Å²) >= 11 is 0. The number of hydrogen-bond acceptors (Lipinski definition) is 5. The summed E-state index contributed by atoms with van der Waals surface area (Å²) in [4.78, 5) is 10.0. The van der Waals surface area contributed by atoms with Crippen molar-refractivity contribution < 1.29 is 17.9 Å². The molecule has 2 N–H and O–H groups in total. The van der Waals surface area contributed by atoms with Crippen molar-refractivity contribution in [3.63, 3.8) is 0 Å². The van der Waals surface area contributed by atoms with E-state index in [4.69, 9.17) is 4.55 Å². The number of hydrogen-bond donors (Lipinski definition) is 2. The lowest BCUT2D eigenvalue weighted by Gasteiger charge is -2.08. The van der Waals surface area contributed by atoms with Gasteiger partial charge < -0.3 is 5.32 Å². The smallest absolute Gasteiger partial charge is 0.294 e. The van der Waals surface area contributed by atoms with Gasteiger partial charge in [0.15, 0.2) is 0 Å². The minimum Gasteiger partial charge on any atom is -0.379 e. The summed E-state index contributed by atoms with van der Waals surface area (Å²) < 4.78 is 31.3. The molecule has 1 aromatic carbocycles. The summed E-state index contributed by atoms with van der Waals surface area (Å²) in [6.07, 6.45) is 19.2. The monoisotopic (exact) mass is 456 g/mol. The molecule has 7 nitrogen and oxygen atoms in total.